The van der Waals surface area contributed by atoms with Crippen LogP contribution in [0.15, 0.2) is 4.52 Å². The molecule has 16 heavy (non-hydrogen) atoms. The number of carbonyl (C=O) groups is 1. The van der Waals surface area contributed by atoms with Gasteiger partial charge in [-0.2, -0.15) is 0 Å². The molecule has 1 heterocycles. The quantitative estimate of drug-likeness (QED) is 0.798. The van der Waals surface area contributed by atoms with Gasteiger partial charge in [-0.25, -0.2) is 8.78 Å². The average molecular weight is 233 g/mol. The predicted octanol–water partition coefficient (Wildman–Crippen LogP) is 0.615. The summed E-state index contributed by atoms with van der Waals surface area (Å²) < 4.78 is 30.3. The summed E-state index contributed by atoms with van der Waals surface area (Å²) >= 11 is 0. The number of rotatable bonds is 4. The summed E-state index contributed by atoms with van der Waals surface area (Å²) in [5, 5.41) is 5.64. The van der Waals surface area contributed by atoms with Gasteiger partial charge >= 0.3 is 0 Å². The maximum absolute atomic E-state index is 12.8. The van der Waals surface area contributed by atoms with E-state index in [0.29, 0.717) is 11.5 Å². The summed E-state index contributed by atoms with van der Waals surface area (Å²) in [6, 6.07) is 0. The lowest BCUT2D eigenvalue weighted by Gasteiger charge is -2.14. The van der Waals surface area contributed by atoms with Crippen molar-refractivity contribution in [1.29, 1.82) is 0 Å². The molecule has 0 aliphatic heterocycles. The van der Waals surface area contributed by atoms with Gasteiger partial charge in [-0.15, -0.1) is 0 Å². The molecule has 3 N–H and O–H groups in total. The van der Waals surface area contributed by atoms with Gasteiger partial charge in [-0.3, -0.25) is 4.79 Å². The van der Waals surface area contributed by atoms with Crippen LogP contribution in [0.1, 0.15) is 21.8 Å². The molecule has 0 radical (unpaired) electrons. The Morgan fingerprint density at radius 1 is 1.56 bits per heavy atom. The molecule has 90 valence electrons. The van der Waals surface area contributed by atoms with Crippen LogP contribution in [0.4, 0.5) is 8.78 Å². The van der Waals surface area contributed by atoms with Gasteiger partial charge in [0.05, 0.1) is 18.8 Å². The summed E-state index contributed by atoms with van der Waals surface area (Å²) in [4.78, 5) is 11.5. The lowest BCUT2D eigenvalue weighted by Crippen LogP contribution is -2.41. The number of alkyl halides is 2. The van der Waals surface area contributed by atoms with Crippen molar-refractivity contribution in [2.45, 2.75) is 19.8 Å². The molecule has 5 nitrogen and oxygen atoms in total. The molecule has 0 saturated carbocycles. The second-order valence-electron chi connectivity index (χ2n) is 3.44. The third-order valence-electron chi connectivity index (χ3n) is 2.07. The maximum Gasteiger partial charge on any atom is 0.277 e. The predicted molar refractivity (Wildman–Crippen MR) is 52.3 cm³/mol. The molecule has 1 aromatic heterocycles. The standard InChI is InChI=1S/C9H13F2N3O2/c1-5-7(6(2)16-14-5)8(15)13-4-9(10,11)3-12/h3-4,12H2,1-2H3,(H,13,15). The Balaban J connectivity index is 2.67. The van der Waals surface area contributed by atoms with E-state index in [1.807, 2.05) is 0 Å². The van der Waals surface area contributed by atoms with Crippen molar-refractivity contribution >= 4 is 5.91 Å². The van der Waals surface area contributed by atoms with Crippen LogP contribution in [-0.2, 0) is 0 Å². The van der Waals surface area contributed by atoms with Crippen LogP contribution < -0.4 is 11.1 Å². The Morgan fingerprint density at radius 2 is 2.19 bits per heavy atom. The molecule has 0 atom stereocenters. The zero-order valence-corrected chi connectivity index (χ0v) is 9.01. The maximum atomic E-state index is 12.8. The van der Waals surface area contributed by atoms with E-state index in [0.717, 1.165) is 0 Å². The third kappa shape index (κ3) is 2.75. The topological polar surface area (TPSA) is 81.2 Å². The highest BCUT2D eigenvalue weighted by atomic mass is 19.3. The first-order valence-electron chi connectivity index (χ1n) is 4.66. The normalized spacial score (nSPS) is 11.6. The number of nitrogens with zero attached hydrogens (tertiary/aromatic N) is 1. The van der Waals surface area contributed by atoms with E-state index in [4.69, 9.17) is 10.3 Å². The first-order chi connectivity index (χ1) is 7.37. The number of amides is 1. The van der Waals surface area contributed by atoms with E-state index in [2.05, 4.69) is 10.5 Å². The molecule has 1 rings (SSSR count). The molecular formula is C9H13F2N3O2. The highest BCUT2D eigenvalue weighted by molar-refractivity contribution is 5.96. The van der Waals surface area contributed by atoms with E-state index in [1.54, 1.807) is 6.92 Å². The molecule has 1 amide bonds. The van der Waals surface area contributed by atoms with Gasteiger partial charge in [0, 0.05) is 0 Å². The van der Waals surface area contributed by atoms with Crippen LogP contribution in [0.25, 0.3) is 0 Å². The van der Waals surface area contributed by atoms with Gasteiger partial charge in [0.25, 0.3) is 11.8 Å². The Kier molecular flexibility index (Phi) is 3.58. The van der Waals surface area contributed by atoms with Crippen molar-refractivity contribution in [2.75, 3.05) is 13.1 Å². The molecule has 1 aromatic rings. The Hall–Kier alpha value is -1.50. The summed E-state index contributed by atoms with van der Waals surface area (Å²) in [6.45, 7) is 1.49. The number of carbonyl (C=O) groups excluding carboxylic acids is 1. The van der Waals surface area contributed by atoms with Gasteiger partial charge in [-0.05, 0) is 13.8 Å². The molecule has 7 heteroatoms. The second-order valence-corrected chi connectivity index (χ2v) is 3.44. The van der Waals surface area contributed by atoms with Crippen LogP contribution in [0.3, 0.4) is 0 Å². The van der Waals surface area contributed by atoms with E-state index in [1.165, 1.54) is 6.92 Å². The molecule has 0 unspecified atom stereocenters. The third-order valence-corrected chi connectivity index (χ3v) is 2.07. The van der Waals surface area contributed by atoms with E-state index >= 15 is 0 Å². The number of hydrogen-bond acceptors (Lipinski definition) is 4. The number of hydrogen-bond donors (Lipinski definition) is 2. The highest BCUT2D eigenvalue weighted by Gasteiger charge is 2.28. The van der Waals surface area contributed by atoms with Crippen molar-refractivity contribution < 1.29 is 18.1 Å². The van der Waals surface area contributed by atoms with Crippen molar-refractivity contribution in [2.24, 2.45) is 5.73 Å². The summed E-state index contributed by atoms with van der Waals surface area (Å²) in [5.74, 6) is -3.44. The lowest BCUT2D eigenvalue weighted by molar-refractivity contribution is 0.0118. The Morgan fingerprint density at radius 3 is 2.62 bits per heavy atom. The van der Waals surface area contributed by atoms with Crippen LogP contribution in [-0.4, -0.2) is 30.1 Å². The fourth-order valence-electron chi connectivity index (χ4n) is 1.18. The Labute approximate surface area is 91.0 Å². The monoisotopic (exact) mass is 233 g/mol. The van der Waals surface area contributed by atoms with E-state index in [9.17, 15) is 13.6 Å². The second kappa shape index (κ2) is 4.56. The van der Waals surface area contributed by atoms with Gasteiger partial charge < -0.3 is 15.6 Å². The van der Waals surface area contributed by atoms with Gasteiger partial charge in [0.15, 0.2) is 0 Å². The smallest absolute Gasteiger partial charge is 0.277 e. The van der Waals surface area contributed by atoms with Crippen LogP contribution in [0.5, 0.6) is 0 Å². The summed E-state index contributed by atoms with van der Waals surface area (Å²) in [6.07, 6.45) is 0. The molecule has 0 aliphatic rings. The molecule has 0 aliphatic carbocycles. The number of aryl methyl sites for hydroxylation is 2. The SMILES string of the molecule is Cc1noc(C)c1C(=O)NCC(F)(F)CN. The summed E-state index contributed by atoms with van der Waals surface area (Å²) in [5.41, 5.74) is 5.39. The van der Waals surface area contributed by atoms with Crippen molar-refractivity contribution in [3.63, 3.8) is 0 Å². The minimum Gasteiger partial charge on any atom is -0.361 e. The summed E-state index contributed by atoms with van der Waals surface area (Å²) in [7, 11) is 0. The van der Waals surface area contributed by atoms with Gasteiger partial charge in [0.2, 0.25) is 0 Å². The van der Waals surface area contributed by atoms with Gasteiger partial charge in [0.1, 0.15) is 11.3 Å². The number of aromatic nitrogens is 1. The first kappa shape index (κ1) is 12.6. The minimum absolute atomic E-state index is 0.188. The van der Waals surface area contributed by atoms with Gasteiger partial charge in [-0.1, -0.05) is 5.16 Å². The Bertz CT molecular complexity index is 371. The zero-order valence-electron chi connectivity index (χ0n) is 9.01. The zero-order chi connectivity index (χ0) is 12.3. The van der Waals surface area contributed by atoms with Crippen molar-refractivity contribution in [1.82, 2.24) is 10.5 Å². The van der Waals surface area contributed by atoms with Crippen LogP contribution >= 0.6 is 0 Å². The number of nitrogens with one attached hydrogen (secondary N) is 1. The largest absolute Gasteiger partial charge is 0.361 e. The first-order valence-corrected chi connectivity index (χ1v) is 4.66. The number of halogens is 2. The highest BCUT2D eigenvalue weighted by Crippen LogP contribution is 2.13. The lowest BCUT2D eigenvalue weighted by atomic mass is 10.2. The molecule has 0 bridgehead atoms. The van der Waals surface area contributed by atoms with E-state index < -0.39 is 24.9 Å². The molecule has 0 aromatic carbocycles. The van der Waals surface area contributed by atoms with Crippen LogP contribution in [0, 0.1) is 13.8 Å². The fraction of sp³-hybridized carbons (Fsp3) is 0.556. The molecule has 0 saturated heterocycles. The fourth-order valence-corrected chi connectivity index (χ4v) is 1.18. The number of nitrogens with two attached hydrogens (primary N) is 1. The van der Waals surface area contributed by atoms with Crippen LogP contribution in [0.2, 0.25) is 0 Å². The molecule has 0 fully saturated rings. The minimum atomic E-state index is -3.10. The van der Waals surface area contributed by atoms with Crippen molar-refractivity contribution in [3.05, 3.63) is 17.0 Å². The molecular weight excluding hydrogens is 220 g/mol. The van der Waals surface area contributed by atoms with E-state index in [-0.39, 0.29) is 5.56 Å². The molecule has 0 spiro atoms. The average Bonchev–Trinajstić information content (AvgIpc) is 2.55. The van der Waals surface area contributed by atoms with Crippen molar-refractivity contribution in [3.8, 4) is 0 Å².